The molecule has 0 unspecified atom stereocenters. The lowest BCUT2D eigenvalue weighted by atomic mass is 10.1. The summed E-state index contributed by atoms with van der Waals surface area (Å²) in [5.74, 6) is -0.0400. The molecule has 5 heteroatoms. The van der Waals surface area contributed by atoms with Crippen LogP contribution in [0.4, 0.5) is 0 Å². The second-order valence-corrected chi connectivity index (χ2v) is 6.40. The Kier molecular flexibility index (Phi) is 4.41. The molecular weight excluding hydrogens is 290 g/mol. The fourth-order valence-electron chi connectivity index (χ4n) is 3.40. The molecule has 1 aromatic carbocycles. The minimum atomic E-state index is -0.0400. The lowest BCUT2D eigenvalue weighted by Gasteiger charge is -2.20. The van der Waals surface area contributed by atoms with Crippen molar-refractivity contribution in [2.24, 2.45) is 0 Å². The molecule has 2 aromatic rings. The summed E-state index contributed by atoms with van der Waals surface area (Å²) in [4.78, 5) is 18.3. The van der Waals surface area contributed by atoms with Gasteiger partial charge in [0.05, 0.1) is 23.2 Å². The van der Waals surface area contributed by atoms with Gasteiger partial charge in [-0.1, -0.05) is 12.1 Å². The maximum absolute atomic E-state index is 12.8. The fourth-order valence-corrected chi connectivity index (χ4v) is 3.40. The van der Waals surface area contributed by atoms with Gasteiger partial charge in [0, 0.05) is 30.8 Å². The third kappa shape index (κ3) is 2.99. The van der Waals surface area contributed by atoms with Crippen LogP contribution in [-0.4, -0.2) is 54.7 Å². The Labute approximate surface area is 137 Å². The molecule has 2 N–H and O–H groups in total. The average molecular weight is 315 g/mol. The van der Waals surface area contributed by atoms with E-state index in [1.54, 1.807) is 0 Å². The number of aromatic nitrogens is 1. The van der Waals surface area contributed by atoms with Crippen molar-refractivity contribution in [2.45, 2.75) is 32.9 Å². The summed E-state index contributed by atoms with van der Waals surface area (Å²) in [6.07, 6.45) is 0.0558. The summed E-state index contributed by atoms with van der Waals surface area (Å²) in [6, 6.07) is 5.90. The number of aromatic amines is 1. The highest BCUT2D eigenvalue weighted by atomic mass is 16.5. The highest BCUT2D eigenvalue weighted by Crippen LogP contribution is 2.24. The standard InChI is InChI=1S/C18H25N3O2/c1-5-23-16-10-21(4)9-15(16)20-18(22)14-8-6-7-13-11(2)12(3)19-17(13)14/h6-8,15-16,19H,5,9-10H2,1-4H3,(H,20,22)/t15-,16-/m0/s1. The van der Waals surface area contributed by atoms with E-state index in [1.165, 1.54) is 5.56 Å². The zero-order valence-electron chi connectivity index (χ0n) is 14.3. The fraction of sp³-hybridized carbons (Fsp3) is 0.500. The van der Waals surface area contributed by atoms with Gasteiger partial charge in [-0.15, -0.1) is 0 Å². The first-order valence-electron chi connectivity index (χ1n) is 8.20. The number of carbonyl (C=O) groups excluding carboxylic acids is 1. The second-order valence-electron chi connectivity index (χ2n) is 6.40. The quantitative estimate of drug-likeness (QED) is 0.910. The number of nitrogens with zero attached hydrogens (tertiary/aromatic N) is 1. The van der Waals surface area contributed by atoms with E-state index in [2.05, 4.69) is 35.2 Å². The minimum absolute atomic E-state index is 0.0277. The average Bonchev–Trinajstić information content (AvgIpc) is 3.00. The van der Waals surface area contributed by atoms with Crippen molar-refractivity contribution in [1.29, 1.82) is 0 Å². The van der Waals surface area contributed by atoms with Crippen LogP contribution in [0.5, 0.6) is 0 Å². The molecule has 0 bridgehead atoms. The van der Waals surface area contributed by atoms with Crippen molar-refractivity contribution in [2.75, 3.05) is 26.7 Å². The second kappa shape index (κ2) is 6.34. The minimum Gasteiger partial charge on any atom is -0.375 e. The molecule has 0 aliphatic carbocycles. The number of likely N-dealkylation sites (N-methyl/N-ethyl adjacent to an activating group) is 1. The third-order valence-corrected chi connectivity index (χ3v) is 4.73. The van der Waals surface area contributed by atoms with Crippen molar-refractivity contribution in [3.63, 3.8) is 0 Å². The zero-order valence-corrected chi connectivity index (χ0v) is 14.3. The Morgan fingerprint density at radius 2 is 2.17 bits per heavy atom. The van der Waals surface area contributed by atoms with Gasteiger partial charge in [-0.3, -0.25) is 4.79 Å². The Balaban J connectivity index is 1.85. The number of hydrogen-bond acceptors (Lipinski definition) is 3. The van der Waals surface area contributed by atoms with Gasteiger partial charge in [-0.2, -0.15) is 0 Å². The molecular formula is C18H25N3O2. The van der Waals surface area contributed by atoms with Crippen molar-refractivity contribution < 1.29 is 9.53 Å². The van der Waals surface area contributed by atoms with Crippen LogP contribution in [0.2, 0.25) is 0 Å². The van der Waals surface area contributed by atoms with Crippen LogP contribution in [0.15, 0.2) is 18.2 Å². The number of aryl methyl sites for hydroxylation is 2. The maximum Gasteiger partial charge on any atom is 0.253 e. The molecule has 23 heavy (non-hydrogen) atoms. The molecule has 1 aliphatic heterocycles. The smallest absolute Gasteiger partial charge is 0.253 e. The first-order valence-corrected chi connectivity index (χ1v) is 8.20. The van der Waals surface area contributed by atoms with Crippen molar-refractivity contribution in [3.05, 3.63) is 35.0 Å². The van der Waals surface area contributed by atoms with E-state index in [-0.39, 0.29) is 18.1 Å². The Morgan fingerprint density at radius 1 is 1.39 bits per heavy atom. The van der Waals surface area contributed by atoms with Crippen LogP contribution in [0.3, 0.4) is 0 Å². The summed E-state index contributed by atoms with van der Waals surface area (Å²) >= 11 is 0. The zero-order chi connectivity index (χ0) is 16.6. The Hall–Kier alpha value is -1.85. The highest BCUT2D eigenvalue weighted by molar-refractivity contribution is 6.06. The molecule has 1 aliphatic rings. The number of carbonyl (C=O) groups is 1. The molecule has 1 amide bonds. The van der Waals surface area contributed by atoms with E-state index in [1.807, 2.05) is 26.0 Å². The highest BCUT2D eigenvalue weighted by Gasteiger charge is 2.33. The van der Waals surface area contributed by atoms with Gasteiger partial charge in [0.15, 0.2) is 0 Å². The predicted octanol–water partition coefficient (Wildman–Crippen LogP) is 2.23. The van der Waals surface area contributed by atoms with E-state index < -0.39 is 0 Å². The van der Waals surface area contributed by atoms with E-state index in [0.29, 0.717) is 12.2 Å². The van der Waals surface area contributed by atoms with Crippen LogP contribution in [-0.2, 0) is 4.74 Å². The molecule has 5 nitrogen and oxygen atoms in total. The number of H-pyrrole nitrogens is 1. The predicted molar refractivity (Wildman–Crippen MR) is 91.9 cm³/mol. The van der Waals surface area contributed by atoms with Crippen LogP contribution < -0.4 is 5.32 Å². The van der Waals surface area contributed by atoms with Crippen LogP contribution in [0, 0.1) is 13.8 Å². The monoisotopic (exact) mass is 315 g/mol. The molecule has 0 spiro atoms. The van der Waals surface area contributed by atoms with Crippen LogP contribution in [0.25, 0.3) is 10.9 Å². The summed E-state index contributed by atoms with van der Waals surface area (Å²) in [5.41, 5.74) is 3.92. The molecule has 2 atom stereocenters. The van der Waals surface area contributed by atoms with Crippen molar-refractivity contribution >= 4 is 16.8 Å². The number of likely N-dealkylation sites (tertiary alicyclic amines) is 1. The third-order valence-electron chi connectivity index (χ3n) is 4.73. The molecule has 2 heterocycles. The molecule has 0 radical (unpaired) electrons. The first-order chi connectivity index (χ1) is 11.0. The summed E-state index contributed by atoms with van der Waals surface area (Å²) in [5, 5.41) is 4.27. The van der Waals surface area contributed by atoms with E-state index in [9.17, 15) is 4.79 Å². The lowest BCUT2D eigenvalue weighted by Crippen LogP contribution is -2.44. The topological polar surface area (TPSA) is 57.4 Å². The number of nitrogens with one attached hydrogen (secondary N) is 2. The maximum atomic E-state index is 12.8. The number of para-hydroxylation sites is 1. The number of ether oxygens (including phenoxy) is 1. The van der Waals surface area contributed by atoms with Gasteiger partial charge in [0.2, 0.25) is 0 Å². The van der Waals surface area contributed by atoms with Gasteiger partial charge < -0.3 is 19.9 Å². The van der Waals surface area contributed by atoms with E-state index >= 15 is 0 Å². The molecule has 124 valence electrons. The Morgan fingerprint density at radius 3 is 2.91 bits per heavy atom. The van der Waals surface area contributed by atoms with Gasteiger partial charge in [0.1, 0.15) is 0 Å². The van der Waals surface area contributed by atoms with Gasteiger partial charge in [-0.05, 0) is 39.4 Å². The summed E-state index contributed by atoms with van der Waals surface area (Å²) < 4.78 is 5.77. The molecule has 0 saturated carbocycles. The molecule has 1 saturated heterocycles. The van der Waals surface area contributed by atoms with E-state index in [0.717, 1.165) is 29.7 Å². The first kappa shape index (κ1) is 16.0. The van der Waals surface area contributed by atoms with Crippen LogP contribution >= 0.6 is 0 Å². The number of fused-ring (bicyclic) bond motifs is 1. The van der Waals surface area contributed by atoms with Gasteiger partial charge >= 0.3 is 0 Å². The number of benzene rings is 1. The lowest BCUT2D eigenvalue weighted by molar-refractivity contribution is 0.0513. The SMILES string of the molecule is CCO[C@H]1CN(C)C[C@@H]1NC(=O)c1cccc2c(C)c(C)[nH]c12. The molecule has 1 fully saturated rings. The van der Waals surface area contributed by atoms with Gasteiger partial charge in [0.25, 0.3) is 5.91 Å². The number of rotatable bonds is 4. The van der Waals surface area contributed by atoms with Crippen molar-refractivity contribution in [1.82, 2.24) is 15.2 Å². The largest absolute Gasteiger partial charge is 0.375 e. The normalized spacial score (nSPS) is 21.9. The molecule has 3 rings (SSSR count). The summed E-state index contributed by atoms with van der Waals surface area (Å²) in [7, 11) is 2.05. The van der Waals surface area contributed by atoms with Crippen LogP contribution in [0.1, 0.15) is 28.5 Å². The van der Waals surface area contributed by atoms with Gasteiger partial charge in [-0.25, -0.2) is 0 Å². The Bertz CT molecular complexity index is 722. The summed E-state index contributed by atoms with van der Waals surface area (Å²) in [6.45, 7) is 8.43. The van der Waals surface area contributed by atoms with Crippen molar-refractivity contribution in [3.8, 4) is 0 Å². The number of hydrogen-bond donors (Lipinski definition) is 2. The molecule has 1 aromatic heterocycles. The number of amides is 1. The van der Waals surface area contributed by atoms with E-state index in [4.69, 9.17) is 4.74 Å².